The van der Waals surface area contributed by atoms with Crippen LogP contribution < -0.4 is 0 Å². The Morgan fingerprint density at radius 2 is 2.17 bits per heavy atom. The van der Waals surface area contributed by atoms with E-state index in [4.69, 9.17) is 4.74 Å². The number of rotatable bonds is 5. The highest BCUT2D eigenvalue weighted by Crippen LogP contribution is 2.17. The van der Waals surface area contributed by atoms with Gasteiger partial charge in [-0.3, -0.25) is 10.1 Å². The molecule has 1 fully saturated rings. The standard InChI is InChI=1S/C10H16N2O6/c1-2-17-9(13)7-18-10(14)11-4-3-8(5-11)6-12(15)16/h8H,2-7H2,1H3. The van der Waals surface area contributed by atoms with E-state index >= 15 is 0 Å². The van der Waals surface area contributed by atoms with Crippen molar-refractivity contribution in [1.82, 2.24) is 4.90 Å². The molecule has 1 aliphatic heterocycles. The number of hydrogen-bond acceptors (Lipinski definition) is 6. The zero-order valence-electron chi connectivity index (χ0n) is 10.2. The van der Waals surface area contributed by atoms with E-state index in [9.17, 15) is 19.7 Å². The van der Waals surface area contributed by atoms with Crippen molar-refractivity contribution in [1.29, 1.82) is 0 Å². The molecule has 0 aromatic carbocycles. The van der Waals surface area contributed by atoms with Crippen LogP contribution in [0.1, 0.15) is 13.3 Å². The highest BCUT2D eigenvalue weighted by Gasteiger charge is 2.30. The van der Waals surface area contributed by atoms with E-state index < -0.39 is 23.6 Å². The highest BCUT2D eigenvalue weighted by molar-refractivity contribution is 5.75. The molecule has 1 saturated heterocycles. The molecule has 0 saturated carbocycles. The molecule has 1 amide bonds. The lowest BCUT2D eigenvalue weighted by Crippen LogP contribution is -2.32. The molecule has 18 heavy (non-hydrogen) atoms. The molecule has 102 valence electrons. The summed E-state index contributed by atoms with van der Waals surface area (Å²) in [7, 11) is 0. The first kappa shape index (κ1) is 14.2. The van der Waals surface area contributed by atoms with Crippen LogP contribution in [0.4, 0.5) is 4.79 Å². The number of hydrogen-bond donors (Lipinski definition) is 0. The third-order valence-electron chi connectivity index (χ3n) is 2.57. The lowest BCUT2D eigenvalue weighted by Gasteiger charge is -2.15. The van der Waals surface area contributed by atoms with Gasteiger partial charge in [-0.25, -0.2) is 9.59 Å². The Morgan fingerprint density at radius 1 is 1.44 bits per heavy atom. The van der Waals surface area contributed by atoms with Crippen LogP contribution in [0.5, 0.6) is 0 Å². The van der Waals surface area contributed by atoms with Crippen molar-refractivity contribution >= 4 is 12.1 Å². The number of ether oxygens (including phenoxy) is 2. The molecule has 0 radical (unpaired) electrons. The number of carbonyl (C=O) groups excluding carboxylic acids is 2. The lowest BCUT2D eigenvalue weighted by molar-refractivity contribution is -0.487. The second kappa shape index (κ2) is 6.77. The summed E-state index contributed by atoms with van der Waals surface area (Å²) < 4.78 is 9.34. The lowest BCUT2D eigenvalue weighted by atomic mass is 10.1. The molecule has 1 atom stereocenters. The van der Waals surface area contributed by atoms with Crippen LogP contribution in [0.25, 0.3) is 0 Å². The molecule has 1 heterocycles. The Kier molecular flexibility index (Phi) is 5.34. The Hall–Kier alpha value is -1.86. The van der Waals surface area contributed by atoms with Crippen molar-refractivity contribution in [3.63, 3.8) is 0 Å². The summed E-state index contributed by atoms with van der Waals surface area (Å²) in [5.74, 6) is -0.748. The average Bonchev–Trinajstić information content (AvgIpc) is 2.74. The maximum atomic E-state index is 11.5. The van der Waals surface area contributed by atoms with Crippen LogP contribution in [-0.2, 0) is 14.3 Å². The first-order chi connectivity index (χ1) is 8.52. The quantitative estimate of drug-likeness (QED) is 0.400. The third-order valence-corrected chi connectivity index (χ3v) is 2.57. The van der Waals surface area contributed by atoms with Gasteiger partial charge in [0, 0.05) is 23.9 Å². The summed E-state index contributed by atoms with van der Waals surface area (Å²) in [6.07, 6.45) is -0.0518. The van der Waals surface area contributed by atoms with Crippen molar-refractivity contribution in [3.8, 4) is 0 Å². The van der Waals surface area contributed by atoms with Crippen LogP contribution in [-0.4, -0.2) is 54.7 Å². The Balaban J connectivity index is 2.27. The molecule has 0 N–H and O–H groups in total. The van der Waals surface area contributed by atoms with Crippen LogP contribution >= 0.6 is 0 Å². The minimum Gasteiger partial charge on any atom is -0.463 e. The number of likely N-dealkylation sites (tertiary alicyclic amines) is 1. The van der Waals surface area contributed by atoms with Crippen LogP contribution in [0.15, 0.2) is 0 Å². The van der Waals surface area contributed by atoms with Crippen LogP contribution in [0.3, 0.4) is 0 Å². The molecule has 8 heteroatoms. The zero-order chi connectivity index (χ0) is 13.5. The van der Waals surface area contributed by atoms with Gasteiger partial charge in [0.25, 0.3) is 0 Å². The van der Waals surface area contributed by atoms with E-state index in [2.05, 4.69) is 4.74 Å². The van der Waals surface area contributed by atoms with Crippen LogP contribution in [0, 0.1) is 16.0 Å². The minimum atomic E-state index is -0.631. The van der Waals surface area contributed by atoms with Crippen molar-refractivity contribution in [3.05, 3.63) is 10.1 Å². The Bertz CT molecular complexity index is 332. The molecule has 1 aliphatic rings. The predicted octanol–water partition coefficient (Wildman–Crippen LogP) is 0.285. The fraction of sp³-hybridized carbons (Fsp3) is 0.800. The summed E-state index contributed by atoms with van der Waals surface area (Å²) in [4.78, 5) is 33.8. The number of amides is 1. The molecular formula is C10H16N2O6. The van der Waals surface area contributed by atoms with Gasteiger partial charge >= 0.3 is 12.1 Å². The van der Waals surface area contributed by atoms with Crippen LogP contribution in [0.2, 0.25) is 0 Å². The second-order valence-electron chi connectivity index (χ2n) is 3.98. The molecule has 0 spiro atoms. The number of esters is 1. The maximum absolute atomic E-state index is 11.5. The third kappa shape index (κ3) is 4.56. The topological polar surface area (TPSA) is 99.0 Å². The van der Waals surface area contributed by atoms with E-state index in [1.165, 1.54) is 4.90 Å². The van der Waals surface area contributed by atoms with E-state index in [0.29, 0.717) is 19.5 Å². The van der Waals surface area contributed by atoms with Crippen molar-refractivity contribution in [2.45, 2.75) is 13.3 Å². The smallest absolute Gasteiger partial charge is 0.410 e. The van der Waals surface area contributed by atoms with Crippen molar-refractivity contribution < 1.29 is 24.0 Å². The fourth-order valence-electron chi connectivity index (χ4n) is 1.77. The van der Waals surface area contributed by atoms with Gasteiger partial charge in [-0.1, -0.05) is 0 Å². The summed E-state index contributed by atoms with van der Waals surface area (Å²) in [5, 5.41) is 10.3. The van der Waals surface area contributed by atoms with Gasteiger partial charge in [-0.05, 0) is 13.3 Å². The first-order valence-electron chi connectivity index (χ1n) is 5.72. The minimum absolute atomic E-state index is 0.143. The SMILES string of the molecule is CCOC(=O)COC(=O)N1CCC(C[N+](=O)[O-])C1. The van der Waals surface area contributed by atoms with Crippen molar-refractivity contribution in [2.75, 3.05) is 32.8 Å². The van der Waals surface area contributed by atoms with Gasteiger partial charge in [0.2, 0.25) is 6.54 Å². The predicted molar refractivity (Wildman–Crippen MR) is 59.5 cm³/mol. The number of nitrogens with zero attached hydrogens (tertiary/aromatic N) is 2. The van der Waals surface area contributed by atoms with Gasteiger partial charge in [0.1, 0.15) is 0 Å². The normalized spacial score (nSPS) is 18.5. The molecule has 0 aliphatic carbocycles. The Morgan fingerprint density at radius 3 is 2.78 bits per heavy atom. The van der Waals surface area contributed by atoms with E-state index in [1.54, 1.807) is 6.92 Å². The van der Waals surface area contributed by atoms with Gasteiger partial charge < -0.3 is 14.4 Å². The monoisotopic (exact) mass is 260 g/mol. The number of nitro groups is 1. The molecular weight excluding hydrogens is 244 g/mol. The summed E-state index contributed by atoms with van der Waals surface area (Å²) in [6, 6.07) is 0. The highest BCUT2D eigenvalue weighted by atomic mass is 16.6. The van der Waals surface area contributed by atoms with Gasteiger partial charge in [-0.2, -0.15) is 0 Å². The summed E-state index contributed by atoms with van der Waals surface area (Å²) in [5.41, 5.74) is 0. The molecule has 0 bridgehead atoms. The maximum Gasteiger partial charge on any atom is 0.410 e. The van der Waals surface area contributed by atoms with Gasteiger partial charge in [0.15, 0.2) is 6.61 Å². The molecule has 0 aromatic heterocycles. The largest absolute Gasteiger partial charge is 0.463 e. The summed E-state index contributed by atoms with van der Waals surface area (Å²) >= 11 is 0. The Labute approximate surface area is 104 Å². The van der Waals surface area contributed by atoms with Gasteiger partial charge in [-0.15, -0.1) is 0 Å². The van der Waals surface area contributed by atoms with Gasteiger partial charge in [0.05, 0.1) is 6.61 Å². The second-order valence-corrected chi connectivity index (χ2v) is 3.98. The molecule has 0 aromatic rings. The summed E-state index contributed by atoms with van der Waals surface area (Å²) in [6.45, 7) is 2.01. The molecule has 8 nitrogen and oxygen atoms in total. The number of carbonyl (C=O) groups is 2. The van der Waals surface area contributed by atoms with E-state index in [1.807, 2.05) is 0 Å². The van der Waals surface area contributed by atoms with Crippen molar-refractivity contribution in [2.24, 2.45) is 5.92 Å². The van der Waals surface area contributed by atoms with E-state index in [0.717, 1.165) is 0 Å². The fourth-order valence-corrected chi connectivity index (χ4v) is 1.77. The average molecular weight is 260 g/mol. The van der Waals surface area contributed by atoms with E-state index in [-0.39, 0.29) is 19.1 Å². The zero-order valence-corrected chi connectivity index (χ0v) is 10.2. The molecule has 1 rings (SSSR count). The molecule has 1 unspecified atom stereocenters. The first-order valence-corrected chi connectivity index (χ1v) is 5.72.